The fraction of sp³-hybridized carbons (Fsp3) is 0.692. The van der Waals surface area contributed by atoms with E-state index in [2.05, 4.69) is 24.1 Å². The van der Waals surface area contributed by atoms with Crippen LogP contribution in [-0.4, -0.2) is 44.3 Å². The molecule has 0 saturated carbocycles. The van der Waals surface area contributed by atoms with Gasteiger partial charge in [0.1, 0.15) is 5.76 Å². The maximum atomic E-state index is 5.40. The molecule has 4 nitrogen and oxygen atoms in total. The molecule has 0 spiro atoms. The van der Waals surface area contributed by atoms with Gasteiger partial charge in [0.2, 0.25) is 0 Å². The van der Waals surface area contributed by atoms with Gasteiger partial charge in [0.15, 0.2) is 0 Å². The molecule has 0 bridgehead atoms. The highest BCUT2D eigenvalue weighted by atomic mass is 16.5. The molecule has 0 fully saturated rings. The van der Waals surface area contributed by atoms with Gasteiger partial charge in [-0.1, -0.05) is 13.8 Å². The van der Waals surface area contributed by atoms with Crippen molar-refractivity contribution in [3.63, 3.8) is 0 Å². The van der Waals surface area contributed by atoms with Gasteiger partial charge in [0, 0.05) is 19.7 Å². The van der Waals surface area contributed by atoms with E-state index in [9.17, 15) is 0 Å². The van der Waals surface area contributed by atoms with E-state index < -0.39 is 0 Å². The second kappa shape index (κ2) is 8.28. The van der Waals surface area contributed by atoms with Gasteiger partial charge < -0.3 is 14.5 Å². The van der Waals surface area contributed by atoms with Crippen molar-refractivity contribution in [1.82, 2.24) is 10.2 Å². The second-order valence-corrected chi connectivity index (χ2v) is 4.06. The highest BCUT2D eigenvalue weighted by Gasteiger charge is 2.17. The summed E-state index contributed by atoms with van der Waals surface area (Å²) < 4.78 is 10.7. The molecule has 1 unspecified atom stereocenters. The van der Waals surface area contributed by atoms with Gasteiger partial charge in [0.25, 0.3) is 0 Å². The van der Waals surface area contributed by atoms with Crippen molar-refractivity contribution in [1.29, 1.82) is 0 Å². The molecule has 0 saturated heterocycles. The van der Waals surface area contributed by atoms with Crippen LogP contribution in [0.3, 0.4) is 0 Å². The highest BCUT2D eigenvalue weighted by molar-refractivity contribution is 4.98. The van der Waals surface area contributed by atoms with Crippen LogP contribution in [0, 0.1) is 0 Å². The number of hydrogen-bond donors (Lipinski definition) is 1. The SMILES string of the molecule is CCNCC(COC)N(CC)Cc1ccco1. The number of likely N-dealkylation sites (N-methyl/N-ethyl adjacent to an activating group) is 2. The van der Waals surface area contributed by atoms with Crippen LogP contribution in [0.15, 0.2) is 22.8 Å². The predicted octanol–water partition coefficient (Wildman–Crippen LogP) is 1.73. The lowest BCUT2D eigenvalue weighted by atomic mass is 10.2. The zero-order chi connectivity index (χ0) is 12.5. The molecular weight excluding hydrogens is 216 g/mol. The first kappa shape index (κ1) is 14.2. The van der Waals surface area contributed by atoms with Crippen LogP contribution in [0.5, 0.6) is 0 Å². The van der Waals surface area contributed by atoms with Crippen molar-refractivity contribution in [3.05, 3.63) is 24.2 Å². The first-order valence-electron chi connectivity index (χ1n) is 6.27. The monoisotopic (exact) mass is 240 g/mol. The van der Waals surface area contributed by atoms with Crippen LogP contribution in [0.2, 0.25) is 0 Å². The van der Waals surface area contributed by atoms with Crippen molar-refractivity contribution in [2.24, 2.45) is 0 Å². The fourth-order valence-corrected chi connectivity index (χ4v) is 1.90. The average Bonchev–Trinajstić information content (AvgIpc) is 2.84. The van der Waals surface area contributed by atoms with E-state index in [0.717, 1.165) is 38.5 Å². The number of rotatable bonds is 9. The summed E-state index contributed by atoms with van der Waals surface area (Å²) in [4.78, 5) is 2.37. The summed E-state index contributed by atoms with van der Waals surface area (Å²) in [5.41, 5.74) is 0. The molecule has 1 heterocycles. The molecule has 98 valence electrons. The fourth-order valence-electron chi connectivity index (χ4n) is 1.90. The van der Waals surface area contributed by atoms with E-state index >= 15 is 0 Å². The lowest BCUT2D eigenvalue weighted by molar-refractivity contribution is 0.0837. The molecule has 1 atom stereocenters. The van der Waals surface area contributed by atoms with E-state index in [1.165, 1.54) is 0 Å². The number of nitrogens with zero attached hydrogens (tertiary/aromatic N) is 1. The normalized spacial score (nSPS) is 13.2. The molecule has 0 aromatic carbocycles. The molecule has 0 aliphatic carbocycles. The van der Waals surface area contributed by atoms with Crippen LogP contribution < -0.4 is 5.32 Å². The van der Waals surface area contributed by atoms with Gasteiger partial charge in [-0.15, -0.1) is 0 Å². The lowest BCUT2D eigenvalue weighted by Gasteiger charge is -2.29. The summed E-state index contributed by atoms with van der Waals surface area (Å²) in [5, 5.41) is 3.38. The average molecular weight is 240 g/mol. The summed E-state index contributed by atoms with van der Waals surface area (Å²) >= 11 is 0. The molecule has 0 aliphatic heterocycles. The largest absolute Gasteiger partial charge is 0.468 e. The Kier molecular flexibility index (Phi) is 6.93. The van der Waals surface area contributed by atoms with Crippen LogP contribution in [0.25, 0.3) is 0 Å². The number of furan rings is 1. The van der Waals surface area contributed by atoms with E-state index in [0.29, 0.717) is 6.04 Å². The summed E-state index contributed by atoms with van der Waals surface area (Å²) in [6.07, 6.45) is 1.72. The van der Waals surface area contributed by atoms with Gasteiger partial charge in [0.05, 0.1) is 19.4 Å². The topological polar surface area (TPSA) is 37.6 Å². The molecule has 0 radical (unpaired) electrons. The first-order chi connectivity index (χ1) is 8.31. The molecule has 4 heteroatoms. The minimum atomic E-state index is 0.384. The minimum Gasteiger partial charge on any atom is -0.468 e. The molecule has 1 aromatic heterocycles. The molecule has 0 amide bonds. The molecule has 1 aromatic rings. The summed E-state index contributed by atoms with van der Waals surface area (Å²) in [7, 11) is 1.75. The molecule has 1 rings (SSSR count). The molecule has 1 N–H and O–H groups in total. The zero-order valence-electron chi connectivity index (χ0n) is 11.1. The van der Waals surface area contributed by atoms with E-state index in [1.54, 1.807) is 13.4 Å². The third-order valence-electron chi connectivity index (χ3n) is 2.85. The van der Waals surface area contributed by atoms with Crippen LogP contribution in [0.4, 0.5) is 0 Å². The number of methoxy groups -OCH3 is 1. The summed E-state index contributed by atoms with van der Waals surface area (Å²) in [5.74, 6) is 1.00. The Morgan fingerprint density at radius 2 is 2.29 bits per heavy atom. The van der Waals surface area contributed by atoms with E-state index in [-0.39, 0.29) is 0 Å². The van der Waals surface area contributed by atoms with Gasteiger partial charge in [-0.2, -0.15) is 0 Å². The van der Waals surface area contributed by atoms with Crippen molar-refractivity contribution in [2.75, 3.05) is 33.4 Å². The summed E-state index contributed by atoms with van der Waals surface area (Å²) in [6.45, 7) is 8.77. The number of ether oxygens (including phenoxy) is 1. The van der Waals surface area contributed by atoms with Crippen LogP contribution in [0.1, 0.15) is 19.6 Å². The predicted molar refractivity (Wildman–Crippen MR) is 69.0 cm³/mol. The molecule has 0 aliphatic rings. The first-order valence-corrected chi connectivity index (χ1v) is 6.27. The maximum Gasteiger partial charge on any atom is 0.117 e. The smallest absolute Gasteiger partial charge is 0.117 e. The van der Waals surface area contributed by atoms with Gasteiger partial charge in [-0.05, 0) is 25.2 Å². The van der Waals surface area contributed by atoms with E-state index in [4.69, 9.17) is 9.15 Å². The van der Waals surface area contributed by atoms with Crippen molar-refractivity contribution in [3.8, 4) is 0 Å². The Bertz CT molecular complexity index is 275. The standard InChI is InChI=1S/C13H24N2O2/c1-4-14-9-12(11-16-3)15(5-2)10-13-7-6-8-17-13/h6-8,12,14H,4-5,9-11H2,1-3H3. The zero-order valence-corrected chi connectivity index (χ0v) is 11.1. The molecular formula is C13H24N2O2. The van der Waals surface area contributed by atoms with E-state index in [1.807, 2.05) is 12.1 Å². The van der Waals surface area contributed by atoms with Gasteiger partial charge in [-0.3, -0.25) is 4.90 Å². The number of hydrogen-bond acceptors (Lipinski definition) is 4. The summed E-state index contributed by atoms with van der Waals surface area (Å²) in [6, 6.07) is 4.33. The Labute approximate surface area is 104 Å². The Hall–Kier alpha value is -0.840. The second-order valence-electron chi connectivity index (χ2n) is 4.06. The Morgan fingerprint density at radius 3 is 2.82 bits per heavy atom. The van der Waals surface area contributed by atoms with Crippen LogP contribution >= 0.6 is 0 Å². The quantitative estimate of drug-likeness (QED) is 0.713. The van der Waals surface area contributed by atoms with Crippen molar-refractivity contribution >= 4 is 0 Å². The third-order valence-corrected chi connectivity index (χ3v) is 2.85. The Balaban J connectivity index is 2.53. The van der Waals surface area contributed by atoms with Gasteiger partial charge in [-0.25, -0.2) is 0 Å². The third kappa shape index (κ3) is 4.89. The van der Waals surface area contributed by atoms with Crippen LogP contribution in [-0.2, 0) is 11.3 Å². The Morgan fingerprint density at radius 1 is 1.47 bits per heavy atom. The maximum absolute atomic E-state index is 5.40. The molecule has 17 heavy (non-hydrogen) atoms. The minimum absolute atomic E-state index is 0.384. The van der Waals surface area contributed by atoms with Crippen molar-refractivity contribution in [2.45, 2.75) is 26.4 Å². The highest BCUT2D eigenvalue weighted by Crippen LogP contribution is 2.09. The number of nitrogens with one attached hydrogen (secondary N) is 1. The van der Waals surface area contributed by atoms with Gasteiger partial charge >= 0.3 is 0 Å². The lowest BCUT2D eigenvalue weighted by Crippen LogP contribution is -2.44. The van der Waals surface area contributed by atoms with Crippen molar-refractivity contribution < 1.29 is 9.15 Å².